The molecule has 0 saturated carbocycles. The SMILES string of the molecule is COCCNC(=O)/C(C#N)=C/c1ccc(-c2ccccc2)cc1. The number of carbonyl (C=O) groups is 1. The van der Waals surface area contributed by atoms with E-state index < -0.39 is 5.91 Å². The maximum absolute atomic E-state index is 11.9. The summed E-state index contributed by atoms with van der Waals surface area (Å²) < 4.78 is 4.86. The molecular weight excluding hydrogens is 288 g/mol. The van der Waals surface area contributed by atoms with Crippen LogP contribution in [0, 0.1) is 11.3 Å². The van der Waals surface area contributed by atoms with Crippen LogP contribution in [0.3, 0.4) is 0 Å². The van der Waals surface area contributed by atoms with Crippen LogP contribution in [0.5, 0.6) is 0 Å². The molecule has 23 heavy (non-hydrogen) atoms. The van der Waals surface area contributed by atoms with Gasteiger partial charge in [-0.2, -0.15) is 5.26 Å². The molecule has 0 bridgehead atoms. The van der Waals surface area contributed by atoms with Gasteiger partial charge in [-0.3, -0.25) is 4.79 Å². The quantitative estimate of drug-likeness (QED) is 0.507. The molecule has 0 aliphatic carbocycles. The Hall–Kier alpha value is -2.90. The Bertz CT molecular complexity index is 713. The summed E-state index contributed by atoms with van der Waals surface area (Å²) >= 11 is 0. The lowest BCUT2D eigenvalue weighted by molar-refractivity contribution is -0.117. The van der Waals surface area contributed by atoms with E-state index in [4.69, 9.17) is 10.00 Å². The van der Waals surface area contributed by atoms with Gasteiger partial charge in [0.15, 0.2) is 0 Å². The maximum Gasteiger partial charge on any atom is 0.262 e. The summed E-state index contributed by atoms with van der Waals surface area (Å²) in [7, 11) is 1.56. The van der Waals surface area contributed by atoms with Crippen molar-refractivity contribution in [3.05, 3.63) is 65.7 Å². The lowest BCUT2D eigenvalue weighted by Crippen LogP contribution is -2.27. The Labute approximate surface area is 136 Å². The molecule has 2 aromatic rings. The zero-order valence-corrected chi connectivity index (χ0v) is 13.0. The van der Waals surface area contributed by atoms with E-state index in [0.717, 1.165) is 16.7 Å². The maximum atomic E-state index is 11.9. The molecule has 0 radical (unpaired) electrons. The zero-order valence-electron chi connectivity index (χ0n) is 13.0. The molecule has 2 rings (SSSR count). The zero-order chi connectivity index (χ0) is 16.5. The molecule has 0 saturated heterocycles. The van der Waals surface area contributed by atoms with E-state index in [0.29, 0.717) is 13.2 Å². The third-order valence-electron chi connectivity index (χ3n) is 3.29. The number of rotatable bonds is 6. The minimum absolute atomic E-state index is 0.0774. The van der Waals surface area contributed by atoms with Crippen LogP contribution in [-0.4, -0.2) is 26.2 Å². The number of nitrogens with zero attached hydrogens (tertiary/aromatic N) is 1. The van der Waals surface area contributed by atoms with Crippen LogP contribution in [0.4, 0.5) is 0 Å². The van der Waals surface area contributed by atoms with Crippen molar-refractivity contribution in [2.75, 3.05) is 20.3 Å². The van der Waals surface area contributed by atoms with E-state index in [1.54, 1.807) is 13.2 Å². The highest BCUT2D eigenvalue weighted by atomic mass is 16.5. The molecule has 4 nitrogen and oxygen atoms in total. The number of methoxy groups -OCH3 is 1. The fourth-order valence-electron chi connectivity index (χ4n) is 2.08. The van der Waals surface area contributed by atoms with E-state index in [1.165, 1.54) is 0 Å². The van der Waals surface area contributed by atoms with E-state index >= 15 is 0 Å². The number of nitriles is 1. The monoisotopic (exact) mass is 306 g/mol. The van der Waals surface area contributed by atoms with Crippen molar-refractivity contribution >= 4 is 12.0 Å². The third kappa shape index (κ3) is 4.80. The molecule has 1 amide bonds. The molecule has 0 aliphatic rings. The number of hydrogen-bond donors (Lipinski definition) is 1. The number of nitrogens with one attached hydrogen (secondary N) is 1. The number of carbonyl (C=O) groups excluding carboxylic acids is 1. The highest BCUT2D eigenvalue weighted by Crippen LogP contribution is 2.20. The first-order chi connectivity index (χ1) is 11.2. The summed E-state index contributed by atoms with van der Waals surface area (Å²) in [4.78, 5) is 11.9. The van der Waals surface area contributed by atoms with Gasteiger partial charge in [-0.05, 0) is 22.8 Å². The van der Waals surface area contributed by atoms with Gasteiger partial charge in [0.05, 0.1) is 6.61 Å². The summed E-state index contributed by atoms with van der Waals surface area (Å²) in [6, 6.07) is 19.7. The predicted octanol–water partition coefficient (Wildman–Crippen LogP) is 3.02. The van der Waals surface area contributed by atoms with Gasteiger partial charge in [0, 0.05) is 13.7 Å². The van der Waals surface area contributed by atoms with Gasteiger partial charge in [-0.1, -0.05) is 54.6 Å². The van der Waals surface area contributed by atoms with Gasteiger partial charge in [-0.15, -0.1) is 0 Å². The molecule has 0 aromatic heterocycles. The molecule has 1 N–H and O–H groups in total. The van der Waals surface area contributed by atoms with Crippen molar-refractivity contribution in [2.24, 2.45) is 0 Å². The van der Waals surface area contributed by atoms with Crippen molar-refractivity contribution in [1.82, 2.24) is 5.32 Å². The Morgan fingerprint density at radius 2 is 1.78 bits per heavy atom. The van der Waals surface area contributed by atoms with Gasteiger partial charge < -0.3 is 10.1 Å². The normalized spacial score (nSPS) is 10.9. The molecule has 0 atom stereocenters. The second-order valence-electron chi connectivity index (χ2n) is 4.91. The topological polar surface area (TPSA) is 62.1 Å². The molecule has 116 valence electrons. The van der Waals surface area contributed by atoms with Crippen LogP contribution >= 0.6 is 0 Å². The second-order valence-corrected chi connectivity index (χ2v) is 4.91. The molecule has 0 fully saturated rings. The molecule has 0 unspecified atom stereocenters. The van der Waals surface area contributed by atoms with Crippen LogP contribution in [-0.2, 0) is 9.53 Å². The standard InChI is InChI=1S/C19H18N2O2/c1-23-12-11-21-19(22)18(14-20)13-15-7-9-17(10-8-15)16-5-3-2-4-6-16/h2-10,13H,11-12H2,1H3,(H,21,22)/b18-13+. The van der Waals surface area contributed by atoms with Crippen LogP contribution in [0.25, 0.3) is 17.2 Å². The highest BCUT2D eigenvalue weighted by Gasteiger charge is 2.08. The van der Waals surface area contributed by atoms with E-state index in [9.17, 15) is 4.79 Å². The van der Waals surface area contributed by atoms with Crippen LogP contribution < -0.4 is 5.32 Å². The van der Waals surface area contributed by atoms with Crippen molar-refractivity contribution in [3.8, 4) is 17.2 Å². The summed E-state index contributed by atoms with van der Waals surface area (Å²) in [5.74, 6) is -0.392. The van der Waals surface area contributed by atoms with Crippen molar-refractivity contribution < 1.29 is 9.53 Å². The Morgan fingerprint density at radius 1 is 1.13 bits per heavy atom. The van der Waals surface area contributed by atoms with E-state index in [1.807, 2.05) is 60.7 Å². The Morgan fingerprint density at radius 3 is 2.39 bits per heavy atom. The Balaban J connectivity index is 2.11. The highest BCUT2D eigenvalue weighted by molar-refractivity contribution is 6.01. The second kappa shape index (κ2) is 8.52. The number of hydrogen-bond acceptors (Lipinski definition) is 3. The fourth-order valence-corrected chi connectivity index (χ4v) is 2.08. The van der Waals surface area contributed by atoms with Crippen LogP contribution in [0.2, 0.25) is 0 Å². The molecule has 2 aromatic carbocycles. The molecule has 0 spiro atoms. The van der Waals surface area contributed by atoms with Gasteiger partial charge in [-0.25, -0.2) is 0 Å². The van der Waals surface area contributed by atoms with Gasteiger partial charge >= 0.3 is 0 Å². The first kappa shape index (κ1) is 16.5. The first-order valence-corrected chi connectivity index (χ1v) is 7.29. The number of amides is 1. The average molecular weight is 306 g/mol. The van der Waals surface area contributed by atoms with Crippen molar-refractivity contribution in [1.29, 1.82) is 5.26 Å². The van der Waals surface area contributed by atoms with Gasteiger partial charge in [0.25, 0.3) is 5.91 Å². The van der Waals surface area contributed by atoms with Gasteiger partial charge in [0.1, 0.15) is 11.6 Å². The van der Waals surface area contributed by atoms with Crippen molar-refractivity contribution in [2.45, 2.75) is 0 Å². The largest absolute Gasteiger partial charge is 0.383 e. The first-order valence-electron chi connectivity index (χ1n) is 7.29. The molecule has 0 heterocycles. The van der Waals surface area contributed by atoms with Gasteiger partial charge in [0.2, 0.25) is 0 Å². The average Bonchev–Trinajstić information content (AvgIpc) is 2.61. The van der Waals surface area contributed by atoms with Crippen LogP contribution in [0.1, 0.15) is 5.56 Å². The lowest BCUT2D eigenvalue weighted by Gasteiger charge is -2.04. The van der Waals surface area contributed by atoms with E-state index in [-0.39, 0.29) is 5.57 Å². The third-order valence-corrected chi connectivity index (χ3v) is 3.29. The summed E-state index contributed by atoms with van der Waals surface area (Å²) in [5.41, 5.74) is 3.10. The summed E-state index contributed by atoms with van der Waals surface area (Å²) in [6.07, 6.45) is 1.58. The number of ether oxygens (including phenoxy) is 1. The summed E-state index contributed by atoms with van der Waals surface area (Å²) in [5, 5.41) is 11.8. The molecule has 0 aliphatic heterocycles. The lowest BCUT2D eigenvalue weighted by atomic mass is 10.0. The van der Waals surface area contributed by atoms with E-state index in [2.05, 4.69) is 5.32 Å². The minimum atomic E-state index is -0.392. The van der Waals surface area contributed by atoms with Crippen molar-refractivity contribution in [3.63, 3.8) is 0 Å². The molecule has 4 heteroatoms. The number of benzene rings is 2. The Kier molecular flexibility index (Phi) is 6.10. The fraction of sp³-hybridized carbons (Fsp3) is 0.158. The smallest absolute Gasteiger partial charge is 0.262 e. The van der Waals surface area contributed by atoms with Crippen LogP contribution in [0.15, 0.2) is 60.2 Å². The predicted molar refractivity (Wildman–Crippen MR) is 90.4 cm³/mol. The molecular formula is C19H18N2O2. The minimum Gasteiger partial charge on any atom is -0.383 e. The summed E-state index contributed by atoms with van der Waals surface area (Å²) in [6.45, 7) is 0.789.